The molecule has 1 unspecified atom stereocenters. The van der Waals surface area contributed by atoms with Crippen molar-refractivity contribution < 1.29 is 14.0 Å². The minimum atomic E-state index is -0.768. The summed E-state index contributed by atoms with van der Waals surface area (Å²) in [7, 11) is 0. The van der Waals surface area contributed by atoms with Crippen molar-refractivity contribution >= 4 is 39.3 Å². The Morgan fingerprint density at radius 2 is 1.71 bits per heavy atom. The zero-order valence-electron chi connectivity index (χ0n) is 19.6. The lowest BCUT2D eigenvalue weighted by molar-refractivity contribution is -0.140. The Kier molecular flexibility index (Phi) is 10.3. The number of hydrogen-bond donors (Lipinski definition) is 1. The highest BCUT2D eigenvalue weighted by atomic mass is 79.9. The quantitative estimate of drug-likeness (QED) is 0.279. The van der Waals surface area contributed by atoms with E-state index in [9.17, 15) is 14.0 Å². The van der Waals surface area contributed by atoms with Crippen molar-refractivity contribution in [3.8, 4) is 0 Å². The van der Waals surface area contributed by atoms with Crippen molar-refractivity contribution in [1.82, 2.24) is 10.2 Å². The Morgan fingerprint density at radius 3 is 2.37 bits per heavy atom. The molecular formula is C28H29BrClFN2O2. The summed E-state index contributed by atoms with van der Waals surface area (Å²) in [6, 6.07) is 20.7. The van der Waals surface area contributed by atoms with Crippen LogP contribution < -0.4 is 5.32 Å². The van der Waals surface area contributed by atoms with Gasteiger partial charge in [-0.2, -0.15) is 0 Å². The maximum Gasteiger partial charge on any atom is 0.243 e. The van der Waals surface area contributed by atoms with E-state index in [0.29, 0.717) is 13.0 Å². The van der Waals surface area contributed by atoms with Crippen molar-refractivity contribution in [1.29, 1.82) is 0 Å². The SMILES string of the molecule is CCCCNC(=O)C(Cc1ccccc1)N(Cc1ccc(Br)cc1)C(=O)Cc1c(F)cccc1Cl. The van der Waals surface area contributed by atoms with Crippen molar-refractivity contribution in [3.63, 3.8) is 0 Å². The molecule has 0 aromatic heterocycles. The summed E-state index contributed by atoms with van der Waals surface area (Å²) in [4.78, 5) is 28.6. The lowest BCUT2D eigenvalue weighted by Gasteiger charge is -2.32. The maximum absolute atomic E-state index is 14.5. The van der Waals surface area contributed by atoms with E-state index in [4.69, 9.17) is 11.6 Å². The number of benzene rings is 3. The normalized spacial score (nSPS) is 11.7. The van der Waals surface area contributed by atoms with Gasteiger partial charge in [0.25, 0.3) is 0 Å². The monoisotopic (exact) mass is 558 g/mol. The third-order valence-electron chi connectivity index (χ3n) is 5.76. The molecule has 1 N–H and O–H groups in total. The van der Waals surface area contributed by atoms with Crippen molar-refractivity contribution in [2.24, 2.45) is 0 Å². The van der Waals surface area contributed by atoms with Crippen LogP contribution in [0.15, 0.2) is 77.3 Å². The average Bonchev–Trinajstić information content (AvgIpc) is 2.85. The molecule has 0 spiro atoms. The standard InChI is InChI=1S/C28H29BrClFN2O2/c1-2-3-16-32-28(35)26(17-20-8-5-4-6-9-20)33(19-21-12-14-22(29)15-13-21)27(34)18-23-24(30)10-7-11-25(23)31/h4-15,26H,2-3,16-19H2,1H3,(H,32,35). The molecule has 0 saturated carbocycles. The molecule has 7 heteroatoms. The highest BCUT2D eigenvalue weighted by Crippen LogP contribution is 2.23. The first kappa shape index (κ1) is 26.9. The molecule has 2 amide bonds. The van der Waals surface area contributed by atoms with Gasteiger partial charge in [-0.15, -0.1) is 0 Å². The van der Waals surface area contributed by atoms with Gasteiger partial charge in [0.2, 0.25) is 11.8 Å². The summed E-state index contributed by atoms with van der Waals surface area (Å²) >= 11 is 9.65. The van der Waals surface area contributed by atoms with Gasteiger partial charge in [0.15, 0.2) is 0 Å². The lowest BCUT2D eigenvalue weighted by Crippen LogP contribution is -2.51. The molecule has 3 rings (SSSR count). The summed E-state index contributed by atoms with van der Waals surface area (Å²) in [6.07, 6.45) is 1.88. The van der Waals surface area contributed by atoms with Gasteiger partial charge >= 0.3 is 0 Å². The number of hydrogen-bond acceptors (Lipinski definition) is 2. The fraction of sp³-hybridized carbons (Fsp3) is 0.286. The van der Waals surface area contributed by atoms with E-state index in [1.807, 2.05) is 54.6 Å². The van der Waals surface area contributed by atoms with Crippen LogP contribution in [0.1, 0.15) is 36.5 Å². The van der Waals surface area contributed by atoms with Gasteiger partial charge in [-0.05, 0) is 41.8 Å². The van der Waals surface area contributed by atoms with E-state index < -0.39 is 11.9 Å². The highest BCUT2D eigenvalue weighted by Gasteiger charge is 2.31. The number of carbonyl (C=O) groups excluding carboxylic acids is 2. The third-order valence-corrected chi connectivity index (χ3v) is 6.64. The third kappa shape index (κ3) is 7.91. The van der Waals surface area contributed by atoms with Crippen molar-refractivity contribution in [2.45, 2.75) is 45.2 Å². The first-order valence-corrected chi connectivity index (χ1v) is 12.8. The minimum absolute atomic E-state index is 0.129. The Bertz CT molecular complexity index is 1110. The number of nitrogens with one attached hydrogen (secondary N) is 1. The first-order chi connectivity index (χ1) is 16.9. The van der Waals surface area contributed by atoms with Crippen molar-refractivity contribution in [2.75, 3.05) is 6.54 Å². The maximum atomic E-state index is 14.5. The highest BCUT2D eigenvalue weighted by molar-refractivity contribution is 9.10. The van der Waals surface area contributed by atoms with E-state index in [-0.39, 0.29) is 35.4 Å². The van der Waals surface area contributed by atoms with Crippen molar-refractivity contribution in [3.05, 3.63) is 105 Å². The second kappa shape index (κ2) is 13.4. The van der Waals surface area contributed by atoms with Crippen LogP contribution in [0.4, 0.5) is 4.39 Å². The summed E-state index contributed by atoms with van der Waals surface area (Å²) in [6.45, 7) is 2.78. The molecule has 35 heavy (non-hydrogen) atoms. The Labute approximate surface area is 219 Å². The van der Waals surface area contributed by atoms with Crippen LogP contribution in [0, 0.1) is 5.82 Å². The molecule has 184 valence electrons. The van der Waals surface area contributed by atoms with E-state index in [1.165, 1.54) is 12.1 Å². The second-order valence-corrected chi connectivity index (χ2v) is 9.70. The molecule has 0 aliphatic rings. The summed E-state index contributed by atoms with van der Waals surface area (Å²) < 4.78 is 15.4. The topological polar surface area (TPSA) is 49.4 Å². The van der Waals surface area contributed by atoms with Gasteiger partial charge in [0.1, 0.15) is 11.9 Å². The largest absolute Gasteiger partial charge is 0.354 e. The van der Waals surface area contributed by atoms with Crippen LogP contribution >= 0.6 is 27.5 Å². The second-order valence-electron chi connectivity index (χ2n) is 8.38. The number of halogens is 3. The van der Waals surface area contributed by atoms with Crippen LogP contribution in [0.3, 0.4) is 0 Å². The number of nitrogens with zero attached hydrogens (tertiary/aromatic N) is 1. The van der Waals surface area contributed by atoms with Gasteiger partial charge in [-0.25, -0.2) is 4.39 Å². The Balaban J connectivity index is 1.97. The van der Waals surface area contributed by atoms with Gasteiger partial charge in [0.05, 0.1) is 6.42 Å². The van der Waals surface area contributed by atoms with Crippen LogP contribution in [0.2, 0.25) is 5.02 Å². The number of unbranched alkanes of at least 4 members (excludes halogenated alkanes) is 1. The zero-order valence-corrected chi connectivity index (χ0v) is 22.0. The molecule has 0 saturated heterocycles. The number of carbonyl (C=O) groups is 2. The fourth-order valence-corrected chi connectivity index (χ4v) is 4.29. The van der Waals surface area contributed by atoms with Gasteiger partial charge in [-0.1, -0.05) is 89.4 Å². The molecule has 0 radical (unpaired) electrons. The summed E-state index contributed by atoms with van der Waals surface area (Å²) in [5.74, 6) is -1.14. The van der Waals surface area contributed by atoms with Crippen LogP contribution in [0.25, 0.3) is 0 Å². The van der Waals surface area contributed by atoms with Gasteiger partial charge in [-0.3, -0.25) is 9.59 Å². The van der Waals surface area contributed by atoms with Crippen LogP contribution in [-0.2, 0) is 29.0 Å². The summed E-state index contributed by atoms with van der Waals surface area (Å²) in [5.41, 5.74) is 1.92. The molecule has 0 aliphatic carbocycles. The number of amides is 2. The van der Waals surface area contributed by atoms with E-state index in [1.54, 1.807) is 11.0 Å². The molecule has 0 bridgehead atoms. The molecule has 3 aromatic carbocycles. The smallest absolute Gasteiger partial charge is 0.243 e. The molecule has 1 atom stereocenters. The Hall–Kier alpha value is -2.70. The fourth-order valence-electron chi connectivity index (χ4n) is 3.80. The average molecular weight is 560 g/mol. The molecular weight excluding hydrogens is 531 g/mol. The molecule has 0 aliphatic heterocycles. The molecule has 4 nitrogen and oxygen atoms in total. The predicted molar refractivity (Wildman–Crippen MR) is 142 cm³/mol. The van der Waals surface area contributed by atoms with E-state index in [2.05, 4.69) is 28.2 Å². The Morgan fingerprint density at radius 1 is 1.00 bits per heavy atom. The van der Waals surface area contributed by atoms with Crippen LogP contribution in [-0.4, -0.2) is 29.3 Å². The minimum Gasteiger partial charge on any atom is -0.354 e. The molecule has 3 aromatic rings. The lowest BCUT2D eigenvalue weighted by atomic mass is 10.0. The summed E-state index contributed by atoms with van der Waals surface area (Å²) in [5, 5.41) is 3.17. The first-order valence-electron chi connectivity index (χ1n) is 11.7. The number of rotatable bonds is 11. The van der Waals surface area contributed by atoms with E-state index in [0.717, 1.165) is 28.4 Å². The van der Waals surface area contributed by atoms with E-state index >= 15 is 0 Å². The molecule has 0 fully saturated rings. The molecule has 0 heterocycles. The van der Waals surface area contributed by atoms with Crippen LogP contribution in [0.5, 0.6) is 0 Å². The predicted octanol–water partition coefficient (Wildman–Crippen LogP) is 6.34. The van der Waals surface area contributed by atoms with Gasteiger partial charge in [0, 0.05) is 34.6 Å². The van der Waals surface area contributed by atoms with Gasteiger partial charge < -0.3 is 10.2 Å². The zero-order chi connectivity index (χ0) is 25.2.